The first kappa shape index (κ1) is 16.6. The molecule has 1 N–H and O–H groups in total. The molecule has 0 aromatic carbocycles. The Bertz CT molecular complexity index is 649. The number of thiophene rings is 1. The molecule has 23 heavy (non-hydrogen) atoms. The summed E-state index contributed by atoms with van der Waals surface area (Å²) in [5.74, 6) is 0. The van der Waals surface area contributed by atoms with Gasteiger partial charge in [-0.3, -0.25) is 9.58 Å². The number of aliphatic hydroxyl groups excluding tert-OH is 1. The zero-order valence-electron chi connectivity index (χ0n) is 14.2. The Balaban J connectivity index is 1.63. The van der Waals surface area contributed by atoms with E-state index in [2.05, 4.69) is 51.2 Å². The van der Waals surface area contributed by atoms with Gasteiger partial charge in [0.25, 0.3) is 0 Å². The van der Waals surface area contributed by atoms with Gasteiger partial charge in [0, 0.05) is 31.1 Å². The van der Waals surface area contributed by atoms with Gasteiger partial charge in [-0.1, -0.05) is 6.92 Å². The third-order valence-electron chi connectivity index (χ3n) is 4.21. The van der Waals surface area contributed by atoms with E-state index in [1.165, 1.54) is 16.1 Å². The van der Waals surface area contributed by atoms with Crippen LogP contribution in [0.5, 0.6) is 0 Å². The highest BCUT2D eigenvalue weighted by Crippen LogP contribution is 2.23. The molecular weight excluding hydrogens is 308 g/mol. The Hall–Kier alpha value is -1.21. The summed E-state index contributed by atoms with van der Waals surface area (Å²) in [6, 6.07) is 4.38. The second-order valence-corrected chi connectivity index (χ2v) is 7.57. The maximum Gasteiger partial charge on any atom is 0.0975 e. The number of nitrogens with zero attached hydrogens (tertiary/aromatic N) is 4. The third kappa shape index (κ3) is 4.01. The van der Waals surface area contributed by atoms with Crippen molar-refractivity contribution in [2.75, 3.05) is 20.6 Å². The molecular formula is C17H26N4OS. The van der Waals surface area contributed by atoms with Crippen LogP contribution in [0.15, 0.2) is 17.5 Å². The summed E-state index contributed by atoms with van der Waals surface area (Å²) in [6.07, 6.45) is 0.275. The zero-order chi connectivity index (χ0) is 16.4. The number of hydrogen-bond acceptors (Lipinski definition) is 5. The van der Waals surface area contributed by atoms with Crippen LogP contribution in [0.1, 0.15) is 41.3 Å². The topological polar surface area (TPSA) is 44.5 Å². The fourth-order valence-electron chi connectivity index (χ4n) is 3.03. The lowest BCUT2D eigenvalue weighted by Crippen LogP contribution is -2.33. The van der Waals surface area contributed by atoms with E-state index < -0.39 is 6.10 Å². The zero-order valence-corrected chi connectivity index (χ0v) is 15.0. The van der Waals surface area contributed by atoms with Crippen LogP contribution < -0.4 is 0 Å². The van der Waals surface area contributed by atoms with Gasteiger partial charge in [0.2, 0.25) is 0 Å². The van der Waals surface area contributed by atoms with E-state index in [9.17, 15) is 5.11 Å². The van der Waals surface area contributed by atoms with Crippen molar-refractivity contribution in [3.05, 3.63) is 39.3 Å². The van der Waals surface area contributed by atoms with E-state index in [0.717, 1.165) is 38.4 Å². The van der Waals surface area contributed by atoms with Crippen LogP contribution in [0.4, 0.5) is 0 Å². The van der Waals surface area contributed by atoms with E-state index >= 15 is 0 Å². The Kier molecular flexibility index (Phi) is 5.16. The molecule has 2 aromatic rings. The second-order valence-electron chi connectivity index (χ2n) is 6.58. The molecule has 0 fully saturated rings. The highest BCUT2D eigenvalue weighted by Gasteiger charge is 2.21. The molecule has 0 bridgehead atoms. The number of rotatable bonds is 6. The van der Waals surface area contributed by atoms with Gasteiger partial charge in [-0.25, -0.2) is 0 Å². The highest BCUT2D eigenvalue weighted by atomic mass is 32.1. The molecule has 6 heteroatoms. The van der Waals surface area contributed by atoms with Crippen molar-refractivity contribution in [2.45, 2.75) is 45.6 Å². The SMILES string of the molecule is CCC(O)c1cc2n(n1)CCN(Cc1cc(CN(C)C)cs1)C2. The average molecular weight is 334 g/mol. The quantitative estimate of drug-likeness (QED) is 0.881. The highest BCUT2D eigenvalue weighted by molar-refractivity contribution is 7.10. The fourth-order valence-corrected chi connectivity index (χ4v) is 3.95. The molecule has 126 valence electrons. The van der Waals surface area contributed by atoms with Gasteiger partial charge in [-0.15, -0.1) is 11.3 Å². The minimum absolute atomic E-state index is 0.438. The molecule has 0 aliphatic carbocycles. The standard InChI is InChI=1S/C17H26N4OS/c1-4-17(22)16-8-14-10-20(5-6-21(14)18-16)11-15-7-13(12-23-15)9-19(2)3/h7-8,12,17,22H,4-6,9-11H2,1-3H3. The minimum atomic E-state index is -0.438. The Morgan fingerprint density at radius 2 is 2.17 bits per heavy atom. The summed E-state index contributed by atoms with van der Waals surface area (Å²) >= 11 is 1.85. The molecule has 1 aliphatic heterocycles. The van der Waals surface area contributed by atoms with Crippen molar-refractivity contribution in [1.82, 2.24) is 19.6 Å². The summed E-state index contributed by atoms with van der Waals surface area (Å²) < 4.78 is 2.05. The lowest BCUT2D eigenvalue weighted by atomic mass is 10.2. The van der Waals surface area contributed by atoms with Crippen molar-refractivity contribution in [3.8, 4) is 0 Å². The maximum atomic E-state index is 9.96. The van der Waals surface area contributed by atoms with Gasteiger partial charge in [-0.2, -0.15) is 5.10 Å². The van der Waals surface area contributed by atoms with E-state index in [0.29, 0.717) is 6.42 Å². The first-order chi connectivity index (χ1) is 11.0. The van der Waals surface area contributed by atoms with E-state index in [1.807, 2.05) is 18.3 Å². The van der Waals surface area contributed by atoms with Gasteiger partial charge < -0.3 is 10.0 Å². The monoisotopic (exact) mass is 334 g/mol. The molecule has 1 unspecified atom stereocenters. The Labute approximate surface area is 142 Å². The molecule has 0 saturated heterocycles. The molecule has 3 rings (SSSR count). The van der Waals surface area contributed by atoms with Gasteiger partial charge >= 0.3 is 0 Å². The van der Waals surface area contributed by atoms with Crippen LogP contribution in [-0.4, -0.2) is 45.3 Å². The van der Waals surface area contributed by atoms with Crippen molar-refractivity contribution in [1.29, 1.82) is 0 Å². The summed E-state index contributed by atoms with van der Waals surface area (Å²) in [5.41, 5.74) is 3.42. The van der Waals surface area contributed by atoms with Crippen LogP contribution in [-0.2, 0) is 26.2 Å². The second kappa shape index (κ2) is 7.13. The molecule has 1 aliphatic rings. The third-order valence-corrected chi connectivity index (χ3v) is 5.18. The van der Waals surface area contributed by atoms with Crippen molar-refractivity contribution in [2.24, 2.45) is 0 Å². The van der Waals surface area contributed by atoms with E-state index in [-0.39, 0.29) is 0 Å². The minimum Gasteiger partial charge on any atom is -0.387 e. The van der Waals surface area contributed by atoms with Gasteiger partial charge in [-0.05, 0) is 43.6 Å². The van der Waals surface area contributed by atoms with Crippen molar-refractivity contribution in [3.63, 3.8) is 0 Å². The fraction of sp³-hybridized carbons (Fsp3) is 0.588. The predicted octanol–water partition coefficient (Wildman–Crippen LogP) is 2.47. The maximum absolute atomic E-state index is 9.96. The molecule has 1 atom stereocenters. The van der Waals surface area contributed by atoms with Crippen molar-refractivity contribution < 1.29 is 5.11 Å². The van der Waals surface area contributed by atoms with Crippen LogP contribution >= 0.6 is 11.3 Å². The molecule has 2 aromatic heterocycles. The Morgan fingerprint density at radius 3 is 2.91 bits per heavy atom. The lowest BCUT2D eigenvalue weighted by molar-refractivity contribution is 0.166. The Morgan fingerprint density at radius 1 is 1.35 bits per heavy atom. The number of aliphatic hydroxyl groups is 1. The smallest absolute Gasteiger partial charge is 0.0975 e. The van der Waals surface area contributed by atoms with Gasteiger partial charge in [0.05, 0.1) is 24.0 Å². The average Bonchev–Trinajstić information content (AvgIpc) is 3.12. The normalized spacial score (nSPS) is 16.7. The van der Waals surface area contributed by atoms with E-state index in [4.69, 9.17) is 0 Å². The summed E-state index contributed by atoms with van der Waals surface area (Å²) in [7, 11) is 4.21. The molecule has 3 heterocycles. The van der Waals surface area contributed by atoms with E-state index in [1.54, 1.807) is 0 Å². The number of hydrogen-bond donors (Lipinski definition) is 1. The summed E-state index contributed by atoms with van der Waals surface area (Å²) in [4.78, 5) is 6.08. The van der Waals surface area contributed by atoms with Gasteiger partial charge in [0.1, 0.15) is 0 Å². The lowest BCUT2D eigenvalue weighted by Gasteiger charge is -2.26. The van der Waals surface area contributed by atoms with Crippen LogP contribution in [0.3, 0.4) is 0 Å². The van der Waals surface area contributed by atoms with Crippen LogP contribution in [0, 0.1) is 0 Å². The number of fused-ring (bicyclic) bond motifs is 1. The van der Waals surface area contributed by atoms with Crippen LogP contribution in [0.2, 0.25) is 0 Å². The first-order valence-electron chi connectivity index (χ1n) is 8.23. The molecule has 0 radical (unpaired) electrons. The number of aromatic nitrogens is 2. The first-order valence-corrected chi connectivity index (χ1v) is 9.11. The largest absolute Gasteiger partial charge is 0.387 e. The molecule has 0 saturated carbocycles. The summed E-state index contributed by atoms with van der Waals surface area (Å²) in [5, 5.41) is 16.8. The predicted molar refractivity (Wildman–Crippen MR) is 93.3 cm³/mol. The van der Waals surface area contributed by atoms with Crippen LogP contribution in [0.25, 0.3) is 0 Å². The summed E-state index contributed by atoms with van der Waals surface area (Å²) in [6.45, 7) is 6.80. The molecule has 0 amide bonds. The van der Waals surface area contributed by atoms with Gasteiger partial charge in [0.15, 0.2) is 0 Å². The molecule has 5 nitrogen and oxygen atoms in total. The van der Waals surface area contributed by atoms with Crippen molar-refractivity contribution >= 4 is 11.3 Å². The molecule has 0 spiro atoms.